The van der Waals surface area contributed by atoms with Crippen LogP contribution >= 0.6 is 11.6 Å². The molecule has 5 nitrogen and oxygen atoms in total. The number of halogens is 1. The van der Waals surface area contributed by atoms with E-state index in [-0.39, 0.29) is 10.9 Å². The van der Waals surface area contributed by atoms with Crippen molar-refractivity contribution in [2.45, 2.75) is 24.4 Å². The van der Waals surface area contributed by atoms with Gasteiger partial charge >= 0.3 is 0 Å². The highest BCUT2D eigenvalue weighted by atomic mass is 35.5. The first kappa shape index (κ1) is 12.5. The lowest BCUT2D eigenvalue weighted by molar-refractivity contribution is 0.295. The maximum absolute atomic E-state index is 12.0. The number of hydrogen-bond donors (Lipinski definition) is 1. The smallest absolute Gasteiger partial charge is 0.260 e. The van der Waals surface area contributed by atoms with Crippen LogP contribution in [0.15, 0.2) is 17.6 Å². The number of alkyl halides is 1. The molecule has 1 aromatic heterocycles. The van der Waals surface area contributed by atoms with Crippen LogP contribution in [0, 0.1) is 0 Å². The minimum Gasteiger partial charge on any atom is -0.335 e. The predicted octanol–water partition coefficient (Wildman–Crippen LogP) is 1.05. The lowest BCUT2D eigenvalue weighted by Crippen LogP contribution is -2.46. The fourth-order valence-electron chi connectivity index (χ4n) is 0.941. The van der Waals surface area contributed by atoms with Crippen LogP contribution in [0.5, 0.6) is 0 Å². The Hall–Kier alpha value is -0.590. The number of H-pyrrole nitrogens is 1. The van der Waals surface area contributed by atoms with Crippen molar-refractivity contribution in [2.75, 3.05) is 12.9 Å². The van der Waals surface area contributed by atoms with Gasteiger partial charge in [0.25, 0.3) is 10.0 Å². The highest BCUT2D eigenvalue weighted by Gasteiger charge is 2.34. The molecule has 1 rings (SSSR count). The Bertz CT molecular complexity index is 413. The molecule has 0 aliphatic rings. The van der Waals surface area contributed by atoms with Crippen LogP contribution in [-0.2, 0) is 10.0 Å². The number of hydrogen-bond acceptors (Lipinski definition) is 3. The van der Waals surface area contributed by atoms with E-state index >= 15 is 0 Å². The number of aromatic amines is 1. The fourth-order valence-corrected chi connectivity index (χ4v) is 2.60. The highest BCUT2D eigenvalue weighted by Crippen LogP contribution is 2.22. The van der Waals surface area contributed by atoms with E-state index in [0.29, 0.717) is 0 Å². The van der Waals surface area contributed by atoms with Gasteiger partial charge in [0.1, 0.15) is 0 Å². The molecule has 1 aromatic rings. The average molecular weight is 252 g/mol. The van der Waals surface area contributed by atoms with Gasteiger partial charge in [0.15, 0.2) is 5.03 Å². The zero-order valence-electron chi connectivity index (χ0n) is 8.86. The van der Waals surface area contributed by atoms with E-state index in [1.54, 1.807) is 13.8 Å². The molecule has 86 valence electrons. The average Bonchev–Trinajstić information content (AvgIpc) is 2.69. The molecule has 1 N–H and O–H groups in total. The molecule has 0 aliphatic carbocycles. The Morgan fingerprint density at radius 2 is 2.20 bits per heavy atom. The van der Waals surface area contributed by atoms with Gasteiger partial charge in [0.05, 0.1) is 12.5 Å². The number of aromatic nitrogens is 2. The summed E-state index contributed by atoms with van der Waals surface area (Å²) in [5, 5.41) is 0.0724. The minimum atomic E-state index is -3.53. The van der Waals surface area contributed by atoms with Crippen LogP contribution in [0.2, 0.25) is 0 Å². The minimum absolute atomic E-state index is 0.0724. The molecule has 15 heavy (non-hydrogen) atoms. The second-order valence-corrected chi connectivity index (χ2v) is 6.04. The van der Waals surface area contributed by atoms with Crippen molar-refractivity contribution in [1.29, 1.82) is 0 Å². The van der Waals surface area contributed by atoms with Gasteiger partial charge in [-0.15, -0.1) is 11.6 Å². The van der Waals surface area contributed by atoms with Gasteiger partial charge in [-0.05, 0) is 13.8 Å². The van der Waals surface area contributed by atoms with Gasteiger partial charge in [-0.2, -0.15) is 4.31 Å². The summed E-state index contributed by atoms with van der Waals surface area (Å²) in [5.74, 6) is 0.219. The van der Waals surface area contributed by atoms with E-state index < -0.39 is 15.6 Å². The van der Waals surface area contributed by atoms with Crippen molar-refractivity contribution in [3.8, 4) is 0 Å². The Kier molecular flexibility index (Phi) is 3.42. The van der Waals surface area contributed by atoms with E-state index in [2.05, 4.69) is 9.97 Å². The summed E-state index contributed by atoms with van der Waals surface area (Å²) in [5.41, 5.74) is -0.633. The molecule has 0 bridgehead atoms. The van der Waals surface area contributed by atoms with Crippen LogP contribution in [0.25, 0.3) is 0 Å². The van der Waals surface area contributed by atoms with E-state index in [9.17, 15) is 8.42 Å². The first-order valence-electron chi connectivity index (χ1n) is 4.36. The Morgan fingerprint density at radius 1 is 1.60 bits per heavy atom. The standard InChI is InChI=1S/C8H14ClN3O2S/c1-8(2,5-9)12(3)15(13,14)7-4-10-6-11-7/h4,6H,5H2,1-3H3,(H,10,11). The summed E-state index contributed by atoms with van der Waals surface area (Å²) >= 11 is 5.72. The molecule has 0 aliphatic heterocycles. The van der Waals surface area contributed by atoms with Crippen LogP contribution in [0.4, 0.5) is 0 Å². The van der Waals surface area contributed by atoms with Gasteiger partial charge in [0, 0.05) is 18.5 Å². The molecule has 1 heterocycles. The lowest BCUT2D eigenvalue weighted by Gasteiger charge is -2.32. The predicted molar refractivity (Wildman–Crippen MR) is 58.3 cm³/mol. The van der Waals surface area contributed by atoms with Gasteiger partial charge < -0.3 is 4.98 Å². The fraction of sp³-hybridized carbons (Fsp3) is 0.625. The van der Waals surface area contributed by atoms with Crippen LogP contribution in [-0.4, -0.2) is 41.2 Å². The maximum atomic E-state index is 12.0. The summed E-state index contributed by atoms with van der Waals surface area (Å²) in [6.07, 6.45) is 2.60. The van der Waals surface area contributed by atoms with Gasteiger partial charge in [-0.1, -0.05) is 0 Å². The third-order valence-corrected chi connectivity index (χ3v) is 4.94. The summed E-state index contributed by atoms with van der Waals surface area (Å²) in [6, 6.07) is 0. The number of rotatable bonds is 4. The monoisotopic (exact) mass is 251 g/mol. The number of nitrogens with one attached hydrogen (secondary N) is 1. The van der Waals surface area contributed by atoms with Crippen molar-refractivity contribution >= 4 is 21.6 Å². The largest absolute Gasteiger partial charge is 0.335 e. The number of nitrogens with zero attached hydrogens (tertiary/aromatic N) is 2. The zero-order chi connectivity index (χ0) is 11.7. The van der Waals surface area contributed by atoms with Crippen molar-refractivity contribution < 1.29 is 8.42 Å². The molecule has 0 saturated heterocycles. The van der Waals surface area contributed by atoms with E-state index in [1.807, 2.05) is 0 Å². The van der Waals surface area contributed by atoms with Crippen LogP contribution in [0.1, 0.15) is 13.8 Å². The van der Waals surface area contributed by atoms with E-state index in [1.165, 1.54) is 23.9 Å². The van der Waals surface area contributed by atoms with Crippen molar-refractivity contribution in [2.24, 2.45) is 0 Å². The molecular formula is C8H14ClN3O2S. The van der Waals surface area contributed by atoms with E-state index in [4.69, 9.17) is 11.6 Å². The molecule has 0 atom stereocenters. The first-order chi connectivity index (χ1) is 6.82. The SMILES string of the molecule is CN(C(C)(C)CCl)S(=O)(=O)c1cnc[nH]1. The third kappa shape index (κ3) is 2.32. The van der Waals surface area contributed by atoms with Gasteiger partial charge in [0.2, 0.25) is 0 Å². The normalized spacial score (nSPS) is 13.4. The van der Waals surface area contributed by atoms with Gasteiger partial charge in [-0.25, -0.2) is 13.4 Å². The Balaban J connectivity index is 3.09. The topological polar surface area (TPSA) is 66.1 Å². The Labute approximate surface area is 94.5 Å². The second kappa shape index (κ2) is 4.11. The number of imidazole rings is 1. The first-order valence-corrected chi connectivity index (χ1v) is 6.33. The molecule has 0 radical (unpaired) electrons. The third-order valence-electron chi connectivity index (χ3n) is 2.29. The zero-order valence-corrected chi connectivity index (χ0v) is 10.4. The van der Waals surface area contributed by atoms with E-state index in [0.717, 1.165) is 0 Å². The molecule has 0 amide bonds. The summed E-state index contributed by atoms with van der Waals surface area (Å²) in [7, 11) is -2.04. The second-order valence-electron chi connectivity index (χ2n) is 3.83. The number of sulfonamides is 1. The lowest BCUT2D eigenvalue weighted by atomic mass is 10.1. The summed E-state index contributed by atoms with van der Waals surface area (Å²) in [6.45, 7) is 3.52. The maximum Gasteiger partial charge on any atom is 0.260 e. The Morgan fingerprint density at radius 3 is 2.60 bits per heavy atom. The molecule has 0 unspecified atom stereocenters. The summed E-state index contributed by atoms with van der Waals surface area (Å²) in [4.78, 5) is 6.26. The molecule has 0 fully saturated rings. The molecular weight excluding hydrogens is 238 g/mol. The van der Waals surface area contributed by atoms with Crippen molar-refractivity contribution in [1.82, 2.24) is 14.3 Å². The highest BCUT2D eigenvalue weighted by molar-refractivity contribution is 7.89. The van der Waals surface area contributed by atoms with Crippen LogP contribution < -0.4 is 0 Å². The summed E-state index contributed by atoms with van der Waals surface area (Å²) < 4.78 is 25.2. The molecule has 7 heteroatoms. The quantitative estimate of drug-likeness (QED) is 0.814. The molecule has 0 aromatic carbocycles. The molecule has 0 spiro atoms. The van der Waals surface area contributed by atoms with Crippen LogP contribution in [0.3, 0.4) is 0 Å². The van der Waals surface area contributed by atoms with Gasteiger partial charge in [-0.3, -0.25) is 0 Å². The molecule has 0 saturated carbocycles. The van der Waals surface area contributed by atoms with Crippen molar-refractivity contribution in [3.63, 3.8) is 0 Å². The van der Waals surface area contributed by atoms with Crippen molar-refractivity contribution in [3.05, 3.63) is 12.5 Å².